The second-order valence-corrected chi connectivity index (χ2v) is 20.5. The van der Waals surface area contributed by atoms with Crippen LogP contribution >= 0.6 is 0 Å². The van der Waals surface area contributed by atoms with Crippen molar-refractivity contribution < 1.29 is 9.53 Å². The molecule has 0 N–H and O–H groups in total. The first kappa shape index (κ1) is 45.6. The molecule has 0 aromatic carbocycles. The molecule has 2 nitrogen and oxygen atoms in total. The molecular weight excluding hydrogens is 657 g/mol. The molecule has 4 rings (SSSR count). The van der Waals surface area contributed by atoms with Crippen LogP contribution in [0.2, 0.25) is 0 Å². The first-order valence-electron chi connectivity index (χ1n) is 24.7. The second-order valence-electron chi connectivity index (χ2n) is 20.5. The summed E-state index contributed by atoms with van der Waals surface area (Å²) < 4.78 is 6.16. The molecule has 0 aromatic rings. The fourth-order valence-corrected chi connectivity index (χ4v) is 12.3. The van der Waals surface area contributed by atoms with Crippen molar-refractivity contribution in [2.75, 3.05) is 0 Å². The van der Waals surface area contributed by atoms with Gasteiger partial charge in [0.05, 0.1) is 0 Å². The first-order chi connectivity index (χ1) is 26.1. The van der Waals surface area contributed by atoms with Gasteiger partial charge in [0.1, 0.15) is 6.10 Å². The van der Waals surface area contributed by atoms with E-state index in [9.17, 15) is 4.79 Å². The molecule has 0 heterocycles. The van der Waals surface area contributed by atoms with Crippen LogP contribution in [0, 0.1) is 52.3 Å². The number of hydrogen-bond acceptors (Lipinski definition) is 2. The van der Waals surface area contributed by atoms with Crippen LogP contribution in [-0.2, 0) is 9.53 Å². The van der Waals surface area contributed by atoms with E-state index in [1.807, 2.05) is 0 Å². The van der Waals surface area contributed by atoms with Gasteiger partial charge in [-0.05, 0) is 104 Å². The number of hydrogen-bond donors (Lipinski definition) is 0. The van der Waals surface area contributed by atoms with E-state index in [1.165, 1.54) is 167 Å². The smallest absolute Gasteiger partial charge is 0.306 e. The van der Waals surface area contributed by atoms with E-state index in [-0.39, 0.29) is 12.1 Å². The van der Waals surface area contributed by atoms with Crippen molar-refractivity contribution in [3.05, 3.63) is 23.8 Å². The number of allylic oxidation sites excluding steroid dienone is 3. The van der Waals surface area contributed by atoms with Gasteiger partial charge < -0.3 is 4.74 Å². The third-order valence-corrected chi connectivity index (χ3v) is 16.3. The van der Waals surface area contributed by atoms with Crippen LogP contribution < -0.4 is 0 Å². The van der Waals surface area contributed by atoms with Gasteiger partial charge in [0.25, 0.3) is 0 Å². The number of carbonyl (C=O) groups is 1. The summed E-state index contributed by atoms with van der Waals surface area (Å²) in [5.74, 6) is 5.49. The molecule has 9 unspecified atom stereocenters. The Morgan fingerprint density at radius 3 is 1.76 bits per heavy atom. The summed E-state index contributed by atoms with van der Waals surface area (Å²) in [7, 11) is 0. The summed E-state index contributed by atoms with van der Waals surface area (Å²) in [5, 5.41) is 0. The summed E-state index contributed by atoms with van der Waals surface area (Å²) in [4.78, 5) is 12.9. The van der Waals surface area contributed by atoms with Gasteiger partial charge in [0, 0.05) is 12.8 Å². The largest absolute Gasteiger partial charge is 0.462 e. The predicted octanol–water partition coefficient (Wildman–Crippen LogP) is 16.6. The minimum atomic E-state index is 0.0621. The summed E-state index contributed by atoms with van der Waals surface area (Å²) in [6.45, 7) is 17.2. The Morgan fingerprint density at radius 2 is 1.22 bits per heavy atom. The summed E-state index contributed by atoms with van der Waals surface area (Å²) in [6.07, 6.45) is 47.8. The highest BCUT2D eigenvalue weighted by Crippen LogP contribution is 2.67. The lowest BCUT2D eigenvalue weighted by Gasteiger charge is -2.58. The molecule has 312 valence electrons. The van der Waals surface area contributed by atoms with E-state index in [0.29, 0.717) is 29.1 Å². The van der Waals surface area contributed by atoms with Crippen molar-refractivity contribution in [2.24, 2.45) is 52.3 Å². The quantitative estimate of drug-likeness (QED) is 0.0475. The van der Waals surface area contributed by atoms with Gasteiger partial charge in [-0.15, -0.1) is 0 Å². The molecule has 0 aromatic heterocycles. The number of rotatable bonds is 27. The highest BCUT2D eigenvalue weighted by molar-refractivity contribution is 5.69. The predicted molar refractivity (Wildman–Crippen MR) is 235 cm³/mol. The van der Waals surface area contributed by atoms with Crippen molar-refractivity contribution in [1.29, 1.82) is 0 Å². The Morgan fingerprint density at radius 1 is 0.685 bits per heavy atom. The minimum absolute atomic E-state index is 0.0621. The maximum Gasteiger partial charge on any atom is 0.306 e. The van der Waals surface area contributed by atoms with Crippen molar-refractivity contribution in [2.45, 2.75) is 247 Å². The molecule has 3 fully saturated rings. The van der Waals surface area contributed by atoms with Gasteiger partial charge in [0.2, 0.25) is 0 Å². The monoisotopic (exact) mass is 749 g/mol. The molecule has 0 amide bonds. The molecule has 4 aliphatic carbocycles. The molecule has 0 bridgehead atoms. The van der Waals surface area contributed by atoms with Crippen LogP contribution in [0.15, 0.2) is 23.8 Å². The van der Waals surface area contributed by atoms with Crippen molar-refractivity contribution in [3.8, 4) is 0 Å². The van der Waals surface area contributed by atoms with E-state index in [4.69, 9.17) is 4.74 Å². The Labute approximate surface area is 337 Å². The summed E-state index contributed by atoms with van der Waals surface area (Å²) in [5.41, 5.74) is 2.45. The molecule has 54 heavy (non-hydrogen) atoms. The zero-order valence-electron chi connectivity index (χ0n) is 37.4. The van der Waals surface area contributed by atoms with Gasteiger partial charge in [-0.3, -0.25) is 4.79 Å². The molecule has 3 saturated carbocycles. The number of esters is 1. The van der Waals surface area contributed by atoms with Gasteiger partial charge >= 0.3 is 5.97 Å². The van der Waals surface area contributed by atoms with Gasteiger partial charge in [-0.1, -0.05) is 201 Å². The zero-order valence-corrected chi connectivity index (χ0v) is 37.4. The molecule has 0 aliphatic heterocycles. The highest BCUT2D eigenvalue weighted by Gasteiger charge is 2.59. The normalized spacial score (nSPS) is 30.5. The number of fused-ring (bicyclic) bond motifs is 5. The lowest BCUT2D eigenvalue weighted by Crippen LogP contribution is -2.51. The second kappa shape index (κ2) is 24.0. The van der Waals surface area contributed by atoms with Crippen LogP contribution in [-0.4, -0.2) is 12.1 Å². The van der Waals surface area contributed by atoms with Crippen LogP contribution in [0.25, 0.3) is 0 Å². The number of ether oxygens (including phenoxy) is 1. The van der Waals surface area contributed by atoms with E-state index >= 15 is 0 Å². The Hall–Kier alpha value is -1.05. The topological polar surface area (TPSA) is 26.3 Å². The Balaban J connectivity index is 1.02. The first-order valence-corrected chi connectivity index (χ1v) is 24.7. The average molecular weight is 749 g/mol. The van der Waals surface area contributed by atoms with E-state index in [0.717, 1.165) is 48.9 Å². The van der Waals surface area contributed by atoms with Gasteiger partial charge in [-0.2, -0.15) is 0 Å². The van der Waals surface area contributed by atoms with Crippen molar-refractivity contribution in [3.63, 3.8) is 0 Å². The van der Waals surface area contributed by atoms with Gasteiger partial charge in [0.15, 0.2) is 0 Å². The standard InChI is InChI=1S/C52H92O2/c1-8-9-10-11-12-13-14-15-16-17-18-19-20-21-22-23-24-25-26-27-28-29-50(53)54-45-36-38-51(6)44(40-45)32-33-46-48-35-34-47(52(48,7)39-37-49(46)51)43(5)31-30-42(4)41(2)3/h30-32,41-43,45-49H,8-29,33-40H2,1-7H3/b31-30+. The van der Waals surface area contributed by atoms with Crippen LogP contribution in [0.1, 0.15) is 241 Å². The fourth-order valence-electron chi connectivity index (χ4n) is 12.3. The molecule has 2 heteroatoms. The third kappa shape index (κ3) is 13.5. The van der Waals surface area contributed by atoms with Gasteiger partial charge in [-0.25, -0.2) is 0 Å². The molecule has 0 saturated heterocycles. The van der Waals surface area contributed by atoms with Crippen molar-refractivity contribution in [1.82, 2.24) is 0 Å². The minimum Gasteiger partial charge on any atom is -0.462 e. The Kier molecular flexibility index (Phi) is 20.3. The number of carbonyl (C=O) groups excluding carboxylic acids is 1. The average Bonchev–Trinajstić information content (AvgIpc) is 3.51. The molecule has 0 radical (unpaired) electrons. The van der Waals surface area contributed by atoms with E-state index in [1.54, 1.807) is 5.57 Å². The van der Waals surface area contributed by atoms with Crippen molar-refractivity contribution >= 4 is 5.97 Å². The van der Waals surface area contributed by atoms with E-state index in [2.05, 4.69) is 66.7 Å². The Bertz CT molecular complexity index is 1100. The highest BCUT2D eigenvalue weighted by atomic mass is 16.5. The van der Waals surface area contributed by atoms with Crippen LogP contribution in [0.3, 0.4) is 0 Å². The molecule has 4 aliphatic rings. The lowest BCUT2D eigenvalue weighted by atomic mass is 9.47. The summed E-state index contributed by atoms with van der Waals surface area (Å²) in [6, 6.07) is 0. The summed E-state index contributed by atoms with van der Waals surface area (Å²) >= 11 is 0. The van der Waals surface area contributed by atoms with E-state index < -0.39 is 0 Å². The molecule has 9 atom stereocenters. The van der Waals surface area contributed by atoms with Crippen LogP contribution in [0.5, 0.6) is 0 Å². The lowest BCUT2D eigenvalue weighted by molar-refractivity contribution is -0.151. The third-order valence-electron chi connectivity index (χ3n) is 16.3. The fraction of sp³-hybridized carbons (Fsp3) is 0.904. The molecule has 0 spiro atoms. The SMILES string of the molecule is CCCCCCCCCCCCCCCCCCCCCCCC(=O)OC1CCC2(C)C(=CCC3C2CCC2(C)C(C(C)/C=C/C(C)C(C)C)CCC32)C1. The molecular formula is C52H92O2. The maximum atomic E-state index is 12.9. The zero-order chi connectivity index (χ0) is 38.8. The van der Waals surface area contributed by atoms with Crippen LogP contribution in [0.4, 0.5) is 0 Å². The number of unbranched alkanes of at least 4 members (excludes halogenated alkanes) is 20. The maximum absolute atomic E-state index is 12.9.